The Kier molecular flexibility index (Phi) is 8.43. The Morgan fingerprint density at radius 2 is 1.67 bits per heavy atom. The van der Waals surface area contributed by atoms with Crippen molar-refractivity contribution >= 4 is 27.5 Å². The molecule has 0 fully saturated rings. The van der Waals surface area contributed by atoms with Crippen molar-refractivity contribution in [3.63, 3.8) is 0 Å². The van der Waals surface area contributed by atoms with E-state index in [4.69, 9.17) is 11.6 Å². The first kappa shape index (κ1) is 26.3. The van der Waals surface area contributed by atoms with Gasteiger partial charge < -0.3 is 15.5 Å². The van der Waals surface area contributed by atoms with Crippen LogP contribution < -0.4 is 10.0 Å². The van der Waals surface area contributed by atoms with E-state index in [0.29, 0.717) is 17.9 Å². The summed E-state index contributed by atoms with van der Waals surface area (Å²) >= 11 is 5.83. The standard InChI is InChI=1S/C27H29ClN2O5S/c28-21-10-12-23(13-11-21)36(34,35)29-17-22(31)15-20(14-18-6-2-1-3-7-18)27(33)30-26-24-9-5-4-8-19(24)16-25(26)32/h1-13,20,22,25-26,29,31-32H,14-17H2,(H,30,33)/t20-,22+,25+,26-/m1/s1. The number of aliphatic hydroxyl groups excluding tert-OH is 2. The Morgan fingerprint density at radius 1 is 1.00 bits per heavy atom. The highest BCUT2D eigenvalue weighted by Gasteiger charge is 2.34. The lowest BCUT2D eigenvalue weighted by molar-refractivity contribution is -0.127. The van der Waals surface area contributed by atoms with Crippen molar-refractivity contribution in [3.8, 4) is 0 Å². The molecule has 4 N–H and O–H groups in total. The predicted molar refractivity (Wildman–Crippen MR) is 138 cm³/mol. The van der Waals surface area contributed by atoms with E-state index < -0.39 is 34.2 Å². The summed E-state index contributed by atoms with van der Waals surface area (Å²) < 4.78 is 27.5. The van der Waals surface area contributed by atoms with Gasteiger partial charge in [-0.25, -0.2) is 13.1 Å². The molecule has 0 spiro atoms. The van der Waals surface area contributed by atoms with Crippen LogP contribution in [-0.2, 0) is 27.7 Å². The van der Waals surface area contributed by atoms with Gasteiger partial charge in [-0.05, 0) is 53.8 Å². The van der Waals surface area contributed by atoms with E-state index >= 15 is 0 Å². The number of hydrogen-bond donors (Lipinski definition) is 4. The molecule has 0 bridgehead atoms. The monoisotopic (exact) mass is 528 g/mol. The summed E-state index contributed by atoms with van der Waals surface area (Å²) in [5, 5.41) is 24.6. The van der Waals surface area contributed by atoms with Gasteiger partial charge in [0, 0.05) is 23.9 Å². The zero-order chi connectivity index (χ0) is 25.7. The van der Waals surface area contributed by atoms with Crippen molar-refractivity contribution in [2.75, 3.05) is 6.54 Å². The number of nitrogens with one attached hydrogen (secondary N) is 2. The second-order valence-electron chi connectivity index (χ2n) is 9.04. The molecule has 7 nitrogen and oxygen atoms in total. The normalized spacial score (nSPS) is 18.9. The topological polar surface area (TPSA) is 116 Å². The highest BCUT2D eigenvalue weighted by molar-refractivity contribution is 7.89. The summed E-state index contributed by atoms with van der Waals surface area (Å²) in [6, 6.07) is 22.2. The molecule has 1 amide bonds. The molecule has 0 saturated carbocycles. The van der Waals surface area contributed by atoms with Crippen LogP contribution in [-0.4, -0.2) is 43.3 Å². The van der Waals surface area contributed by atoms with Crippen molar-refractivity contribution in [1.29, 1.82) is 0 Å². The maximum Gasteiger partial charge on any atom is 0.240 e. The van der Waals surface area contributed by atoms with Gasteiger partial charge in [0.15, 0.2) is 0 Å². The molecule has 0 aliphatic heterocycles. The maximum atomic E-state index is 13.4. The number of amides is 1. The Morgan fingerprint density at radius 3 is 2.39 bits per heavy atom. The van der Waals surface area contributed by atoms with Gasteiger partial charge in [0.05, 0.1) is 23.1 Å². The SMILES string of the molecule is O=C(N[C@@H]1c2ccccc2C[C@@H]1O)[C@H](Cc1ccccc1)C[C@H](O)CNS(=O)(=O)c1ccc(Cl)cc1. The fourth-order valence-corrected chi connectivity index (χ4v) is 5.71. The predicted octanol–water partition coefficient (Wildman–Crippen LogP) is 3.00. The molecule has 9 heteroatoms. The van der Waals surface area contributed by atoms with E-state index in [9.17, 15) is 23.4 Å². The lowest BCUT2D eigenvalue weighted by Crippen LogP contribution is -2.41. The van der Waals surface area contributed by atoms with Crippen LogP contribution >= 0.6 is 11.6 Å². The van der Waals surface area contributed by atoms with Crippen LogP contribution in [0.1, 0.15) is 29.2 Å². The van der Waals surface area contributed by atoms with Crippen molar-refractivity contribution in [3.05, 3.63) is 101 Å². The molecule has 3 aromatic rings. The minimum atomic E-state index is -3.85. The lowest BCUT2D eigenvalue weighted by Gasteiger charge is -2.24. The number of carbonyl (C=O) groups is 1. The van der Waals surface area contributed by atoms with E-state index in [2.05, 4.69) is 10.0 Å². The van der Waals surface area contributed by atoms with E-state index in [1.54, 1.807) is 0 Å². The van der Waals surface area contributed by atoms with Crippen molar-refractivity contribution in [2.45, 2.75) is 42.4 Å². The molecular weight excluding hydrogens is 500 g/mol. The third-order valence-corrected chi connectivity index (χ3v) is 8.08. The Bertz CT molecular complexity index is 1290. The minimum absolute atomic E-state index is 0.0339. The van der Waals surface area contributed by atoms with Crippen LogP contribution in [0.2, 0.25) is 5.02 Å². The lowest BCUT2D eigenvalue weighted by atomic mass is 9.92. The zero-order valence-corrected chi connectivity index (χ0v) is 21.1. The molecule has 36 heavy (non-hydrogen) atoms. The molecule has 3 aromatic carbocycles. The quantitative estimate of drug-likeness (QED) is 0.323. The third kappa shape index (κ3) is 6.52. The van der Waals surface area contributed by atoms with Gasteiger partial charge in [-0.15, -0.1) is 0 Å². The molecule has 0 unspecified atom stereocenters. The van der Waals surface area contributed by atoms with Gasteiger partial charge >= 0.3 is 0 Å². The van der Waals surface area contributed by atoms with Gasteiger partial charge in [-0.1, -0.05) is 66.2 Å². The van der Waals surface area contributed by atoms with Crippen LogP contribution in [0.5, 0.6) is 0 Å². The first-order chi connectivity index (χ1) is 17.2. The summed E-state index contributed by atoms with van der Waals surface area (Å²) in [6.45, 7) is -0.252. The highest BCUT2D eigenvalue weighted by atomic mass is 35.5. The van der Waals surface area contributed by atoms with E-state index in [1.807, 2.05) is 54.6 Å². The van der Waals surface area contributed by atoms with Crippen molar-refractivity contribution < 1.29 is 23.4 Å². The average molecular weight is 529 g/mol. The summed E-state index contributed by atoms with van der Waals surface area (Å²) in [4.78, 5) is 13.4. The van der Waals surface area contributed by atoms with Crippen LogP contribution in [0.15, 0.2) is 83.8 Å². The number of sulfonamides is 1. The molecule has 4 atom stereocenters. The highest BCUT2D eigenvalue weighted by Crippen LogP contribution is 2.32. The molecule has 0 radical (unpaired) electrons. The summed E-state index contributed by atoms with van der Waals surface area (Å²) in [7, 11) is -3.85. The maximum absolute atomic E-state index is 13.4. The van der Waals surface area contributed by atoms with Gasteiger partial charge in [-0.3, -0.25) is 4.79 Å². The number of aliphatic hydroxyl groups is 2. The molecule has 0 saturated heterocycles. The molecule has 4 rings (SSSR count). The van der Waals surface area contributed by atoms with Crippen molar-refractivity contribution in [1.82, 2.24) is 10.0 Å². The number of hydrogen-bond acceptors (Lipinski definition) is 5. The first-order valence-corrected chi connectivity index (χ1v) is 13.6. The number of halogens is 1. The molecule has 190 valence electrons. The fraction of sp³-hybridized carbons (Fsp3) is 0.296. The Balaban J connectivity index is 1.44. The second-order valence-corrected chi connectivity index (χ2v) is 11.2. The molecule has 1 aliphatic carbocycles. The van der Waals surface area contributed by atoms with Crippen LogP contribution in [0.25, 0.3) is 0 Å². The summed E-state index contributed by atoms with van der Waals surface area (Å²) in [6.07, 6.45) is -0.987. The van der Waals surface area contributed by atoms with E-state index in [-0.39, 0.29) is 23.8 Å². The number of carbonyl (C=O) groups excluding carboxylic acids is 1. The Hall–Kier alpha value is -2.75. The van der Waals surface area contributed by atoms with Crippen molar-refractivity contribution in [2.24, 2.45) is 5.92 Å². The van der Waals surface area contributed by atoms with Crippen LogP contribution in [0.4, 0.5) is 0 Å². The first-order valence-electron chi connectivity index (χ1n) is 11.8. The summed E-state index contributed by atoms with van der Waals surface area (Å²) in [5.74, 6) is -0.943. The van der Waals surface area contributed by atoms with E-state index in [1.165, 1.54) is 24.3 Å². The molecular formula is C27H29ClN2O5S. The zero-order valence-electron chi connectivity index (χ0n) is 19.5. The fourth-order valence-electron chi connectivity index (χ4n) is 4.52. The number of rotatable bonds is 10. The van der Waals surface area contributed by atoms with Crippen LogP contribution in [0.3, 0.4) is 0 Å². The van der Waals surface area contributed by atoms with Gasteiger partial charge in [0.1, 0.15) is 0 Å². The molecule has 0 aromatic heterocycles. The number of benzene rings is 3. The molecule has 1 aliphatic rings. The van der Waals surface area contributed by atoms with Gasteiger partial charge in [0.2, 0.25) is 15.9 Å². The Labute approximate surface area is 216 Å². The second kappa shape index (κ2) is 11.5. The minimum Gasteiger partial charge on any atom is -0.392 e. The largest absolute Gasteiger partial charge is 0.392 e. The average Bonchev–Trinajstić information content (AvgIpc) is 3.18. The molecule has 0 heterocycles. The van der Waals surface area contributed by atoms with E-state index in [0.717, 1.165) is 16.7 Å². The third-order valence-electron chi connectivity index (χ3n) is 6.39. The smallest absolute Gasteiger partial charge is 0.240 e. The van der Waals surface area contributed by atoms with Gasteiger partial charge in [-0.2, -0.15) is 0 Å². The van der Waals surface area contributed by atoms with Gasteiger partial charge in [0.25, 0.3) is 0 Å². The van der Waals surface area contributed by atoms with Crippen LogP contribution in [0, 0.1) is 5.92 Å². The summed E-state index contributed by atoms with van der Waals surface area (Å²) in [5.41, 5.74) is 2.79. The number of fused-ring (bicyclic) bond motifs is 1.